The Morgan fingerprint density at radius 2 is 1.89 bits per heavy atom. The zero-order valence-corrected chi connectivity index (χ0v) is 17.8. The van der Waals surface area contributed by atoms with E-state index in [0.717, 1.165) is 29.7 Å². The lowest BCUT2D eigenvalue weighted by molar-refractivity contribution is -0.134. The van der Waals surface area contributed by atoms with Crippen molar-refractivity contribution in [3.8, 4) is 0 Å². The van der Waals surface area contributed by atoms with Gasteiger partial charge in [0.15, 0.2) is 0 Å². The Morgan fingerprint density at radius 3 is 2.50 bits per heavy atom. The van der Waals surface area contributed by atoms with Crippen LogP contribution in [0.5, 0.6) is 0 Å². The highest BCUT2D eigenvalue weighted by Crippen LogP contribution is 2.27. The number of hydrogen-bond donors (Lipinski definition) is 3. The van der Waals surface area contributed by atoms with Gasteiger partial charge in [-0.1, -0.05) is 26.0 Å². The summed E-state index contributed by atoms with van der Waals surface area (Å²) in [6.45, 7) is 5.12. The van der Waals surface area contributed by atoms with Crippen molar-refractivity contribution in [1.29, 1.82) is 0 Å². The van der Waals surface area contributed by atoms with Gasteiger partial charge in [0, 0.05) is 19.0 Å². The van der Waals surface area contributed by atoms with E-state index in [4.69, 9.17) is 5.73 Å². The van der Waals surface area contributed by atoms with Crippen molar-refractivity contribution < 1.29 is 9.59 Å². The van der Waals surface area contributed by atoms with E-state index in [9.17, 15) is 9.59 Å². The molecule has 2 heterocycles. The predicted octanol–water partition coefficient (Wildman–Crippen LogP) is 2.21. The maximum Gasteiger partial charge on any atom is 0.241 e. The van der Waals surface area contributed by atoms with Crippen molar-refractivity contribution in [2.75, 3.05) is 19.6 Å². The molecular formula is C19H29Cl2N5O2. The highest BCUT2D eigenvalue weighted by atomic mass is 35.5. The van der Waals surface area contributed by atoms with Crippen LogP contribution in [0.4, 0.5) is 0 Å². The highest BCUT2D eigenvalue weighted by Gasteiger charge is 2.26. The molecule has 156 valence electrons. The molecule has 2 aromatic rings. The Bertz CT molecular complexity index is 754. The second-order valence-electron chi connectivity index (χ2n) is 7.28. The molecule has 1 fully saturated rings. The molecule has 1 aliphatic rings. The fraction of sp³-hybridized carbons (Fsp3) is 0.526. The molecule has 0 spiro atoms. The minimum absolute atomic E-state index is 0. The third-order valence-corrected chi connectivity index (χ3v) is 5.08. The average Bonchev–Trinajstić information content (AvgIpc) is 3.09. The van der Waals surface area contributed by atoms with Crippen LogP contribution in [0.15, 0.2) is 24.3 Å². The Labute approximate surface area is 177 Å². The van der Waals surface area contributed by atoms with Gasteiger partial charge in [-0.2, -0.15) is 0 Å². The summed E-state index contributed by atoms with van der Waals surface area (Å²) in [5.41, 5.74) is 7.82. The monoisotopic (exact) mass is 429 g/mol. The summed E-state index contributed by atoms with van der Waals surface area (Å²) in [6.07, 6.45) is 1.73. The fourth-order valence-electron chi connectivity index (χ4n) is 3.26. The van der Waals surface area contributed by atoms with Crippen LogP contribution in [-0.2, 0) is 9.59 Å². The second kappa shape index (κ2) is 10.6. The van der Waals surface area contributed by atoms with Crippen LogP contribution in [0.2, 0.25) is 0 Å². The fourth-order valence-corrected chi connectivity index (χ4v) is 3.26. The van der Waals surface area contributed by atoms with E-state index in [1.807, 2.05) is 38.1 Å². The normalized spacial score (nSPS) is 15.6. The Kier molecular flexibility index (Phi) is 9.20. The van der Waals surface area contributed by atoms with Crippen LogP contribution >= 0.6 is 24.8 Å². The number of amides is 2. The quantitative estimate of drug-likeness (QED) is 0.677. The van der Waals surface area contributed by atoms with E-state index in [1.54, 1.807) is 4.90 Å². The van der Waals surface area contributed by atoms with Gasteiger partial charge in [0.1, 0.15) is 5.82 Å². The lowest BCUT2D eigenvalue weighted by Crippen LogP contribution is -2.49. The molecule has 2 amide bonds. The molecule has 0 bridgehead atoms. The molecule has 0 unspecified atom stereocenters. The number of benzene rings is 1. The first kappa shape index (κ1) is 24.2. The number of para-hydroxylation sites is 2. The maximum absolute atomic E-state index is 12.3. The number of nitrogens with one attached hydrogen (secondary N) is 2. The van der Waals surface area contributed by atoms with Crippen LogP contribution in [-0.4, -0.2) is 52.4 Å². The van der Waals surface area contributed by atoms with Gasteiger partial charge < -0.3 is 20.9 Å². The number of likely N-dealkylation sites (tertiary alicyclic amines) is 1. The van der Waals surface area contributed by atoms with Gasteiger partial charge in [-0.25, -0.2) is 4.98 Å². The van der Waals surface area contributed by atoms with Gasteiger partial charge in [0.2, 0.25) is 11.8 Å². The second-order valence-corrected chi connectivity index (χ2v) is 7.28. The van der Waals surface area contributed by atoms with Gasteiger partial charge in [0.05, 0.1) is 23.6 Å². The number of aromatic amines is 1. The van der Waals surface area contributed by atoms with E-state index in [1.165, 1.54) is 0 Å². The van der Waals surface area contributed by atoms with Crippen molar-refractivity contribution >= 4 is 47.7 Å². The van der Waals surface area contributed by atoms with E-state index in [-0.39, 0.29) is 49.1 Å². The minimum Gasteiger partial charge on any atom is -0.346 e. The molecule has 28 heavy (non-hydrogen) atoms. The van der Waals surface area contributed by atoms with Crippen LogP contribution < -0.4 is 11.1 Å². The number of aromatic nitrogens is 2. The number of carbonyl (C=O) groups is 2. The highest BCUT2D eigenvalue weighted by molar-refractivity contribution is 5.87. The molecule has 0 radical (unpaired) electrons. The van der Waals surface area contributed by atoms with E-state index < -0.39 is 6.04 Å². The number of piperidine rings is 1. The molecule has 3 rings (SSSR count). The van der Waals surface area contributed by atoms with E-state index in [2.05, 4.69) is 15.3 Å². The van der Waals surface area contributed by atoms with Crippen molar-refractivity contribution in [2.45, 2.75) is 38.6 Å². The number of nitrogens with zero attached hydrogens (tertiary/aromatic N) is 2. The number of fused-ring (bicyclic) bond motifs is 1. The molecular weight excluding hydrogens is 401 g/mol. The molecule has 1 aromatic heterocycles. The lowest BCUT2D eigenvalue weighted by atomic mass is 9.96. The molecule has 7 nitrogen and oxygen atoms in total. The molecule has 9 heteroatoms. The summed E-state index contributed by atoms with van der Waals surface area (Å²) in [6, 6.07) is 7.41. The van der Waals surface area contributed by atoms with Crippen LogP contribution in [0, 0.1) is 5.92 Å². The summed E-state index contributed by atoms with van der Waals surface area (Å²) in [5, 5.41) is 2.65. The van der Waals surface area contributed by atoms with Gasteiger partial charge in [-0.05, 0) is 30.9 Å². The number of hydrogen-bond acceptors (Lipinski definition) is 4. The maximum atomic E-state index is 12.3. The van der Waals surface area contributed by atoms with Crippen molar-refractivity contribution in [2.24, 2.45) is 11.7 Å². The Balaban J connectivity index is 0.00000196. The molecule has 4 N–H and O–H groups in total. The number of nitrogens with two attached hydrogens (primary N) is 1. The smallest absolute Gasteiger partial charge is 0.241 e. The number of rotatable bonds is 5. The Hall–Kier alpha value is -1.83. The van der Waals surface area contributed by atoms with Crippen LogP contribution in [0.3, 0.4) is 0 Å². The summed E-state index contributed by atoms with van der Waals surface area (Å²) in [5.74, 6) is 1.04. The lowest BCUT2D eigenvalue weighted by Gasteiger charge is -2.31. The third kappa shape index (κ3) is 5.59. The van der Waals surface area contributed by atoms with Gasteiger partial charge in [-0.3, -0.25) is 9.59 Å². The average molecular weight is 430 g/mol. The first-order valence-corrected chi connectivity index (χ1v) is 9.21. The minimum atomic E-state index is -0.582. The molecule has 1 aliphatic heterocycles. The van der Waals surface area contributed by atoms with Crippen LogP contribution in [0.1, 0.15) is 38.4 Å². The number of halogens is 2. The van der Waals surface area contributed by atoms with Crippen molar-refractivity contribution in [1.82, 2.24) is 20.2 Å². The topological polar surface area (TPSA) is 104 Å². The van der Waals surface area contributed by atoms with E-state index >= 15 is 0 Å². The first-order chi connectivity index (χ1) is 12.5. The largest absolute Gasteiger partial charge is 0.346 e. The van der Waals surface area contributed by atoms with Gasteiger partial charge >= 0.3 is 0 Å². The number of H-pyrrole nitrogens is 1. The first-order valence-electron chi connectivity index (χ1n) is 9.21. The molecule has 1 saturated heterocycles. The van der Waals surface area contributed by atoms with Gasteiger partial charge in [-0.15, -0.1) is 24.8 Å². The summed E-state index contributed by atoms with van der Waals surface area (Å²) < 4.78 is 0. The Morgan fingerprint density at radius 1 is 1.25 bits per heavy atom. The number of carbonyl (C=O) groups excluding carboxylic acids is 2. The summed E-state index contributed by atoms with van der Waals surface area (Å²) in [7, 11) is 0. The van der Waals surface area contributed by atoms with Crippen LogP contribution in [0.25, 0.3) is 11.0 Å². The zero-order chi connectivity index (χ0) is 18.7. The SMILES string of the molecule is CC(C)[C@H](N)C(=O)NCC(=O)N1CCC(c2nc3ccccc3[nH]2)CC1.Cl.Cl. The number of imidazole rings is 1. The standard InChI is InChI=1S/C19H27N5O2.2ClH/c1-12(2)17(20)19(26)21-11-16(25)24-9-7-13(8-10-24)18-22-14-5-3-4-6-15(14)23-18;;/h3-6,12-13,17H,7-11,20H2,1-2H3,(H,21,26)(H,22,23);2*1H/t17-;;/m0../s1. The molecule has 1 atom stereocenters. The van der Waals surface area contributed by atoms with E-state index in [0.29, 0.717) is 19.0 Å². The molecule has 0 saturated carbocycles. The zero-order valence-electron chi connectivity index (χ0n) is 16.2. The van der Waals surface area contributed by atoms with Crippen molar-refractivity contribution in [3.05, 3.63) is 30.1 Å². The molecule has 0 aliphatic carbocycles. The summed E-state index contributed by atoms with van der Waals surface area (Å²) in [4.78, 5) is 34.1. The summed E-state index contributed by atoms with van der Waals surface area (Å²) >= 11 is 0. The third-order valence-electron chi connectivity index (χ3n) is 5.08. The van der Waals surface area contributed by atoms with Gasteiger partial charge in [0.25, 0.3) is 0 Å². The van der Waals surface area contributed by atoms with Crippen molar-refractivity contribution in [3.63, 3.8) is 0 Å². The predicted molar refractivity (Wildman–Crippen MR) is 115 cm³/mol. The molecule has 1 aromatic carbocycles.